The van der Waals surface area contributed by atoms with Crippen LogP contribution in [0.5, 0.6) is 0 Å². The Morgan fingerprint density at radius 1 is 1.40 bits per heavy atom. The molecule has 3 rings (SSSR count). The van der Waals surface area contributed by atoms with Crippen molar-refractivity contribution < 1.29 is 0 Å². The second-order valence-corrected chi connectivity index (χ2v) is 4.06. The fourth-order valence-corrected chi connectivity index (χ4v) is 2.07. The van der Waals surface area contributed by atoms with Crippen molar-refractivity contribution in [3.05, 3.63) is 47.0 Å². The van der Waals surface area contributed by atoms with E-state index >= 15 is 0 Å². The summed E-state index contributed by atoms with van der Waals surface area (Å²) in [6.45, 7) is 1.60. The summed E-state index contributed by atoms with van der Waals surface area (Å²) in [6, 6.07) is 5.92. The highest BCUT2D eigenvalue weighted by molar-refractivity contribution is 6.30. The third-order valence-corrected chi connectivity index (χ3v) is 2.88. The molecule has 0 spiro atoms. The van der Waals surface area contributed by atoms with Crippen LogP contribution < -0.4 is 5.32 Å². The molecule has 0 saturated heterocycles. The third kappa shape index (κ3) is 1.49. The van der Waals surface area contributed by atoms with Crippen LogP contribution in [0.3, 0.4) is 0 Å². The normalized spacial score (nSPS) is 13.7. The van der Waals surface area contributed by atoms with E-state index in [-0.39, 0.29) is 0 Å². The van der Waals surface area contributed by atoms with Crippen molar-refractivity contribution in [1.82, 2.24) is 9.55 Å². The first-order valence-corrected chi connectivity index (χ1v) is 5.23. The lowest BCUT2D eigenvalue weighted by Crippen LogP contribution is -2.02. The molecule has 1 aliphatic rings. The minimum absolute atomic E-state index is 0.766. The number of nitrogens with zero attached hydrogens (tertiary/aromatic N) is 2. The first-order chi connectivity index (χ1) is 7.33. The van der Waals surface area contributed by atoms with E-state index in [1.54, 1.807) is 0 Å². The van der Waals surface area contributed by atoms with Crippen molar-refractivity contribution in [2.24, 2.45) is 0 Å². The molecule has 1 aromatic carbocycles. The molecule has 0 atom stereocenters. The lowest BCUT2D eigenvalue weighted by Gasteiger charge is -2.07. The van der Waals surface area contributed by atoms with Crippen LogP contribution in [-0.4, -0.2) is 9.55 Å². The first kappa shape index (κ1) is 8.80. The van der Waals surface area contributed by atoms with Crippen LogP contribution in [0.4, 0.5) is 5.69 Å². The smallest absolute Gasteiger partial charge is 0.128 e. The number of hydrogen-bond donors (Lipinski definition) is 1. The minimum Gasteiger partial charge on any atom is -0.378 e. The van der Waals surface area contributed by atoms with E-state index < -0.39 is 0 Å². The van der Waals surface area contributed by atoms with Crippen molar-refractivity contribution in [2.75, 3.05) is 5.32 Å². The fraction of sp³-hybridized carbons (Fsp3) is 0.182. The van der Waals surface area contributed by atoms with Gasteiger partial charge in [0.05, 0.1) is 13.1 Å². The molecule has 2 heterocycles. The molecule has 0 aliphatic carbocycles. The first-order valence-electron chi connectivity index (χ1n) is 4.85. The van der Waals surface area contributed by atoms with Crippen LogP contribution in [0.1, 0.15) is 11.4 Å². The van der Waals surface area contributed by atoms with Gasteiger partial charge in [0.2, 0.25) is 0 Å². The highest BCUT2D eigenvalue weighted by Crippen LogP contribution is 2.24. The van der Waals surface area contributed by atoms with Gasteiger partial charge in [0, 0.05) is 23.1 Å². The van der Waals surface area contributed by atoms with Crippen LogP contribution in [0, 0.1) is 0 Å². The number of fused-ring (bicyclic) bond motifs is 2. The van der Waals surface area contributed by atoms with Crippen molar-refractivity contribution in [3.63, 3.8) is 0 Å². The number of anilines is 1. The zero-order valence-corrected chi connectivity index (χ0v) is 8.83. The molecule has 1 N–H and O–H groups in total. The number of hydrogen-bond acceptors (Lipinski definition) is 2. The minimum atomic E-state index is 0.766. The van der Waals surface area contributed by atoms with Crippen molar-refractivity contribution in [3.8, 4) is 0 Å². The summed E-state index contributed by atoms with van der Waals surface area (Å²) >= 11 is 5.98. The third-order valence-electron chi connectivity index (χ3n) is 2.65. The number of imidazole rings is 1. The van der Waals surface area contributed by atoms with Gasteiger partial charge in [-0.25, -0.2) is 4.98 Å². The number of rotatable bonds is 0. The van der Waals surface area contributed by atoms with E-state index in [1.165, 1.54) is 5.56 Å². The lowest BCUT2D eigenvalue weighted by atomic mass is 10.2. The summed E-state index contributed by atoms with van der Waals surface area (Å²) in [5.74, 6) is 1.06. The van der Waals surface area contributed by atoms with Gasteiger partial charge in [-0.2, -0.15) is 0 Å². The van der Waals surface area contributed by atoms with Crippen molar-refractivity contribution in [2.45, 2.75) is 13.1 Å². The lowest BCUT2D eigenvalue weighted by molar-refractivity contribution is 0.754. The van der Waals surface area contributed by atoms with E-state index in [0.29, 0.717) is 0 Å². The number of aromatic nitrogens is 2. The molecule has 0 bridgehead atoms. The SMILES string of the molecule is Clc1ccc2c(c1)Cn1ccnc1CN2. The molecule has 15 heavy (non-hydrogen) atoms. The second-order valence-electron chi connectivity index (χ2n) is 3.63. The summed E-state index contributed by atoms with van der Waals surface area (Å²) in [7, 11) is 0. The average Bonchev–Trinajstić information content (AvgIpc) is 2.58. The Labute approximate surface area is 92.7 Å². The van der Waals surface area contributed by atoms with Crippen LogP contribution in [-0.2, 0) is 13.1 Å². The highest BCUT2D eigenvalue weighted by Gasteiger charge is 2.12. The van der Waals surface area contributed by atoms with E-state index in [4.69, 9.17) is 11.6 Å². The Bertz CT molecular complexity index is 504. The summed E-state index contributed by atoms with van der Waals surface area (Å²) in [5.41, 5.74) is 2.35. The van der Waals surface area contributed by atoms with Gasteiger partial charge < -0.3 is 9.88 Å². The van der Waals surface area contributed by atoms with Gasteiger partial charge in [-0.15, -0.1) is 0 Å². The Morgan fingerprint density at radius 2 is 2.33 bits per heavy atom. The van der Waals surface area contributed by atoms with Crippen LogP contribution in [0.15, 0.2) is 30.6 Å². The maximum atomic E-state index is 5.98. The summed E-state index contributed by atoms with van der Waals surface area (Å²) in [5, 5.41) is 4.13. The topological polar surface area (TPSA) is 29.9 Å². The molecule has 1 aliphatic heterocycles. The molecule has 3 nitrogen and oxygen atoms in total. The summed E-state index contributed by atoms with van der Waals surface area (Å²) in [6.07, 6.45) is 3.82. The Hall–Kier alpha value is -1.48. The Balaban J connectivity index is 2.10. The maximum Gasteiger partial charge on any atom is 0.128 e. The molecule has 76 valence electrons. The fourth-order valence-electron chi connectivity index (χ4n) is 1.87. The quantitative estimate of drug-likeness (QED) is 0.738. The highest BCUT2D eigenvalue weighted by atomic mass is 35.5. The number of benzene rings is 1. The maximum absolute atomic E-state index is 5.98. The van der Waals surface area contributed by atoms with Crippen LogP contribution in [0.25, 0.3) is 0 Å². The van der Waals surface area contributed by atoms with Crippen LogP contribution in [0.2, 0.25) is 5.02 Å². The van der Waals surface area contributed by atoms with E-state index in [2.05, 4.69) is 14.9 Å². The standard InChI is InChI=1S/C11H10ClN3/c12-9-1-2-10-8(5-9)7-15-4-3-13-11(15)6-14-10/h1-5,14H,6-7H2. The monoisotopic (exact) mass is 219 g/mol. The molecule has 4 heteroatoms. The van der Waals surface area contributed by atoms with E-state index in [1.807, 2.05) is 30.6 Å². The van der Waals surface area contributed by atoms with Gasteiger partial charge in [-0.1, -0.05) is 11.6 Å². The average molecular weight is 220 g/mol. The molecular formula is C11H10ClN3. The Kier molecular flexibility index (Phi) is 1.92. The molecule has 0 amide bonds. The van der Waals surface area contributed by atoms with Crippen molar-refractivity contribution in [1.29, 1.82) is 0 Å². The van der Waals surface area contributed by atoms with Gasteiger partial charge in [-0.3, -0.25) is 0 Å². The molecular weight excluding hydrogens is 210 g/mol. The van der Waals surface area contributed by atoms with Gasteiger partial charge in [0.15, 0.2) is 0 Å². The van der Waals surface area contributed by atoms with E-state index in [9.17, 15) is 0 Å². The van der Waals surface area contributed by atoms with Gasteiger partial charge in [-0.05, 0) is 23.8 Å². The zero-order valence-electron chi connectivity index (χ0n) is 8.07. The second kappa shape index (κ2) is 3.28. The van der Waals surface area contributed by atoms with Crippen molar-refractivity contribution >= 4 is 17.3 Å². The van der Waals surface area contributed by atoms with E-state index in [0.717, 1.165) is 29.6 Å². The summed E-state index contributed by atoms with van der Waals surface area (Å²) in [4.78, 5) is 4.29. The molecule has 0 saturated carbocycles. The molecule has 2 aromatic rings. The zero-order chi connectivity index (χ0) is 10.3. The predicted molar refractivity (Wildman–Crippen MR) is 60.1 cm³/mol. The molecule has 0 fully saturated rings. The predicted octanol–water partition coefficient (Wildman–Crippen LogP) is 2.51. The van der Waals surface area contributed by atoms with Gasteiger partial charge in [0.25, 0.3) is 0 Å². The largest absolute Gasteiger partial charge is 0.378 e. The Morgan fingerprint density at radius 3 is 3.27 bits per heavy atom. The molecule has 1 aromatic heterocycles. The number of halogens is 1. The van der Waals surface area contributed by atoms with Gasteiger partial charge >= 0.3 is 0 Å². The van der Waals surface area contributed by atoms with Crippen LogP contribution >= 0.6 is 11.6 Å². The number of nitrogens with one attached hydrogen (secondary N) is 1. The molecule has 0 radical (unpaired) electrons. The summed E-state index contributed by atoms with van der Waals surface area (Å²) < 4.78 is 2.13. The van der Waals surface area contributed by atoms with Gasteiger partial charge in [0.1, 0.15) is 5.82 Å². The molecule has 0 unspecified atom stereocenters.